The molecule has 0 spiro atoms. The zero-order chi connectivity index (χ0) is 16.1. The van der Waals surface area contributed by atoms with E-state index in [1.165, 1.54) is 11.8 Å². The number of aromatic nitrogens is 2. The SMILES string of the molecule is CC(C)N(C)C(=O)CSCc1nc(-c2ccc(Cl)cc2)no1. The lowest BCUT2D eigenvalue weighted by atomic mass is 10.2. The molecule has 0 unspecified atom stereocenters. The summed E-state index contributed by atoms with van der Waals surface area (Å²) in [4.78, 5) is 17.9. The zero-order valence-corrected chi connectivity index (χ0v) is 14.3. The van der Waals surface area contributed by atoms with Crippen LogP contribution in [-0.4, -0.2) is 39.8 Å². The fourth-order valence-corrected chi connectivity index (χ4v) is 2.54. The Kier molecular flexibility index (Phi) is 5.85. The number of benzene rings is 1. The highest BCUT2D eigenvalue weighted by Gasteiger charge is 2.13. The third-order valence-electron chi connectivity index (χ3n) is 3.19. The highest BCUT2D eigenvalue weighted by molar-refractivity contribution is 7.99. The molecule has 1 amide bonds. The van der Waals surface area contributed by atoms with Crippen LogP contribution in [0.25, 0.3) is 11.4 Å². The molecule has 1 heterocycles. The summed E-state index contributed by atoms with van der Waals surface area (Å²) in [5.41, 5.74) is 0.847. The summed E-state index contributed by atoms with van der Waals surface area (Å²) in [6, 6.07) is 7.44. The Morgan fingerprint density at radius 1 is 1.36 bits per heavy atom. The van der Waals surface area contributed by atoms with Gasteiger partial charge < -0.3 is 9.42 Å². The monoisotopic (exact) mass is 339 g/mol. The first-order valence-electron chi connectivity index (χ1n) is 6.89. The summed E-state index contributed by atoms with van der Waals surface area (Å²) < 4.78 is 5.20. The van der Waals surface area contributed by atoms with E-state index in [4.69, 9.17) is 16.1 Å². The number of carbonyl (C=O) groups is 1. The molecule has 0 aliphatic carbocycles. The predicted molar refractivity (Wildman–Crippen MR) is 88.8 cm³/mol. The Morgan fingerprint density at radius 2 is 2.05 bits per heavy atom. The van der Waals surface area contributed by atoms with Crippen molar-refractivity contribution in [1.82, 2.24) is 15.0 Å². The van der Waals surface area contributed by atoms with Crippen LogP contribution in [0.4, 0.5) is 0 Å². The van der Waals surface area contributed by atoms with E-state index in [0.717, 1.165) is 5.56 Å². The Hall–Kier alpha value is -1.53. The first kappa shape index (κ1) is 16.8. The van der Waals surface area contributed by atoms with Crippen molar-refractivity contribution < 1.29 is 9.32 Å². The third kappa shape index (κ3) is 4.48. The summed E-state index contributed by atoms with van der Waals surface area (Å²) in [7, 11) is 1.80. The van der Waals surface area contributed by atoms with Gasteiger partial charge in [-0.05, 0) is 38.1 Å². The van der Waals surface area contributed by atoms with Crippen molar-refractivity contribution in [1.29, 1.82) is 0 Å². The largest absolute Gasteiger partial charge is 0.343 e. The standard InChI is InChI=1S/C15H18ClN3O2S/c1-10(2)19(3)14(20)9-22-8-13-17-15(18-21-13)11-4-6-12(16)7-5-11/h4-7,10H,8-9H2,1-3H3. The van der Waals surface area contributed by atoms with Crippen molar-refractivity contribution in [2.45, 2.75) is 25.6 Å². The lowest BCUT2D eigenvalue weighted by molar-refractivity contribution is -0.128. The molecule has 0 bridgehead atoms. The molecule has 7 heteroatoms. The number of nitrogens with zero attached hydrogens (tertiary/aromatic N) is 3. The second-order valence-electron chi connectivity index (χ2n) is 5.11. The molecule has 1 aromatic heterocycles. The Morgan fingerprint density at radius 3 is 2.68 bits per heavy atom. The maximum Gasteiger partial charge on any atom is 0.236 e. The average Bonchev–Trinajstić information content (AvgIpc) is 2.95. The summed E-state index contributed by atoms with van der Waals surface area (Å²) in [6.07, 6.45) is 0. The van der Waals surface area contributed by atoms with Crippen molar-refractivity contribution in [3.63, 3.8) is 0 Å². The van der Waals surface area contributed by atoms with E-state index in [2.05, 4.69) is 10.1 Å². The molecule has 118 valence electrons. The minimum atomic E-state index is 0.0949. The molecule has 0 aliphatic heterocycles. The second-order valence-corrected chi connectivity index (χ2v) is 6.53. The molecule has 0 radical (unpaired) electrons. The van der Waals surface area contributed by atoms with E-state index in [-0.39, 0.29) is 11.9 Å². The van der Waals surface area contributed by atoms with Crippen molar-refractivity contribution in [2.75, 3.05) is 12.8 Å². The van der Waals surface area contributed by atoms with Crippen LogP contribution in [0.1, 0.15) is 19.7 Å². The van der Waals surface area contributed by atoms with Crippen LogP contribution in [0.5, 0.6) is 0 Å². The Labute approximate surface area is 139 Å². The normalized spacial score (nSPS) is 11.0. The van der Waals surface area contributed by atoms with E-state index in [0.29, 0.717) is 28.2 Å². The number of rotatable bonds is 6. The van der Waals surface area contributed by atoms with Crippen LogP contribution < -0.4 is 0 Å². The van der Waals surface area contributed by atoms with Gasteiger partial charge in [0.05, 0.1) is 11.5 Å². The molecular weight excluding hydrogens is 322 g/mol. The average molecular weight is 340 g/mol. The van der Waals surface area contributed by atoms with Gasteiger partial charge in [0.25, 0.3) is 0 Å². The summed E-state index contributed by atoms with van der Waals surface area (Å²) in [5, 5.41) is 4.60. The van der Waals surface area contributed by atoms with E-state index in [1.54, 1.807) is 24.1 Å². The predicted octanol–water partition coefficient (Wildman–Crippen LogP) is 3.49. The molecule has 22 heavy (non-hydrogen) atoms. The van der Waals surface area contributed by atoms with Gasteiger partial charge in [0.2, 0.25) is 17.6 Å². The van der Waals surface area contributed by atoms with Gasteiger partial charge in [-0.2, -0.15) is 4.98 Å². The van der Waals surface area contributed by atoms with Crippen LogP contribution in [0, 0.1) is 0 Å². The molecule has 0 saturated heterocycles. The van der Waals surface area contributed by atoms with Gasteiger partial charge in [-0.3, -0.25) is 4.79 Å². The first-order valence-corrected chi connectivity index (χ1v) is 8.42. The molecule has 0 saturated carbocycles. The van der Waals surface area contributed by atoms with Crippen LogP contribution in [0.2, 0.25) is 5.02 Å². The molecule has 2 aromatic rings. The minimum Gasteiger partial charge on any atom is -0.343 e. The maximum atomic E-state index is 11.9. The number of amides is 1. The lowest BCUT2D eigenvalue weighted by Gasteiger charge is -2.20. The molecular formula is C15H18ClN3O2S. The molecule has 0 atom stereocenters. The molecule has 1 aromatic carbocycles. The topological polar surface area (TPSA) is 59.2 Å². The number of carbonyl (C=O) groups excluding carboxylic acids is 1. The highest BCUT2D eigenvalue weighted by atomic mass is 35.5. The smallest absolute Gasteiger partial charge is 0.236 e. The van der Waals surface area contributed by atoms with Gasteiger partial charge in [0, 0.05) is 23.7 Å². The number of thioether (sulfide) groups is 1. The first-order chi connectivity index (χ1) is 10.5. The quantitative estimate of drug-likeness (QED) is 0.806. The summed E-state index contributed by atoms with van der Waals surface area (Å²) >= 11 is 7.31. The molecule has 0 N–H and O–H groups in total. The highest BCUT2D eigenvalue weighted by Crippen LogP contribution is 2.20. The second kappa shape index (κ2) is 7.65. The molecule has 2 rings (SSSR count). The Bertz CT molecular complexity index is 628. The van der Waals surface area contributed by atoms with Crippen LogP contribution in [0.15, 0.2) is 28.8 Å². The van der Waals surface area contributed by atoms with E-state index >= 15 is 0 Å². The van der Waals surface area contributed by atoms with Gasteiger partial charge in [0.15, 0.2) is 0 Å². The third-order valence-corrected chi connectivity index (χ3v) is 4.34. The number of halogens is 1. The Balaban J connectivity index is 1.87. The van der Waals surface area contributed by atoms with Gasteiger partial charge in [-0.15, -0.1) is 11.8 Å². The van der Waals surface area contributed by atoms with Crippen molar-refractivity contribution in [2.24, 2.45) is 0 Å². The maximum absolute atomic E-state index is 11.9. The van der Waals surface area contributed by atoms with E-state index in [9.17, 15) is 4.79 Å². The van der Waals surface area contributed by atoms with Crippen molar-refractivity contribution in [3.8, 4) is 11.4 Å². The lowest BCUT2D eigenvalue weighted by Crippen LogP contribution is -2.34. The summed E-state index contributed by atoms with van der Waals surface area (Å²) in [6.45, 7) is 3.97. The van der Waals surface area contributed by atoms with Crippen LogP contribution >= 0.6 is 23.4 Å². The van der Waals surface area contributed by atoms with Gasteiger partial charge in [-0.1, -0.05) is 16.8 Å². The fourth-order valence-electron chi connectivity index (χ4n) is 1.65. The van der Waals surface area contributed by atoms with Gasteiger partial charge in [-0.25, -0.2) is 0 Å². The van der Waals surface area contributed by atoms with Crippen LogP contribution in [0.3, 0.4) is 0 Å². The van der Waals surface area contributed by atoms with E-state index < -0.39 is 0 Å². The van der Waals surface area contributed by atoms with E-state index in [1.807, 2.05) is 26.0 Å². The van der Waals surface area contributed by atoms with Crippen molar-refractivity contribution >= 4 is 29.3 Å². The number of hydrogen-bond acceptors (Lipinski definition) is 5. The van der Waals surface area contributed by atoms with Gasteiger partial charge >= 0.3 is 0 Å². The zero-order valence-electron chi connectivity index (χ0n) is 12.7. The van der Waals surface area contributed by atoms with Crippen LogP contribution in [-0.2, 0) is 10.5 Å². The molecule has 0 aliphatic rings. The summed E-state index contributed by atoms with van der Waals surface area (Å²) in [5.74, 6) is 2.04. The molecule has 0 fully saturated rings. The minimum absolute atomic E-state index is 0.0949. The van der Waals surface area contributed by atoms with Gasteiger partial charge in [0.1, 0.15) is 0 Å². The number of hydrogen-bond donors (Lipinski definition) is 0. The molecule has 5 nitrogen and oxygen atoms in total. The van der Waals surface area contributed by atoms with Crippen molar-refractivity contribution in [3.05, 3.63) is 35.2 Å². The fraction of sp³-hybridized carbons (Fsp3) is 0.400.